The predicted octanol–water partition coefficient (Wildman–Crippen LogP) is 3.18. The summed E-state index contributed by atoms with van der Waals surface area (Å²) in [5.74, 6) is 1.12. The summed E-state index contributed by atoms with van der Waals surface area (Å²) in [7, 11) is 0. The van der Waals surface area contributed by atoms with Gasteiger partial charge in [-0.05, 0) is 13.3 Å². The lowest BCUT2D eigenvalue weighted by Gasteiger charge is -2.23. The Hall–Kier alpha value is -0.570. The minimum absolute atomic E-state index is 0.374. The molecule has 1 atom stereocenters. The number of aliphatic imine (C=N–C) groups is 1. The second-order valence-electron chi connectivity index (χ2n) is 4.99. The van der Waals surface area contributed by atoms with E-state index in [1.807, 2.05) is 11.8 Å². The molecular formula is C14H28N2O. The second kappa shape index (κ2) is 8.51. The molecule has 1 unspecified atom stereocenters. The highest BCUT2D eigenvalue weighted by Gasteiger charge is 2.19. The Kier molecular flexibility index (Phi) is 7.25. The summed E-state index contributed by atoms with van der Waals surface area (Å²) >= 11 is 0. The number of unbranched alkanes of at least 4 members (excludes halogenated alkanes) is 6. The van der Waals surface area contributed by atoms with Crippen LogP contribution < -0.4 is 0 Å². The number of hydrogen-bond acceptors (Lipinski definition) is 3. The molecule has 0 aromatic heterocycles. The van der Waals surface area contributed by atoms with Crippen LogP contribution in [-0.4, -0.2) is 35.2 Å². The highest BCUT2D eigenvalue weighted by atomic mass is 16.3. The summed E-state index contributed by atoms with van der Waals surface area (Å²) in [5, 5.41) is 9.57. The zero-order valence-electron chi connectivity index (χ0n) is 11.5. The van der Waals surface area contributed by atoms with Crippen molar-refractivity contribution >= 4 is 5.84 Å². The van der Waals surface area contributed by atoms with Gasteiger partial charge in [-0.15, -0.1) is 0 Å². The smallest absolute Gasteiger partial charge is 0.125 e. The molecule has 1 aliphatic rings. The van der Waals surface area contributed by atoms with Crippen LogP contribution in [0.3, 0.4) is 0 Å². The lowest BCUT2D eigenvalue weighted by molar-refractivity contribution is 0.0766. The average molecular weight is 240 g/mol. The van der Waals surface area contributed by atoms with E-state index in [1.165, 1.54) is 44.9 Å². The number of aliphatic hydroxyl groups is 1. The molecule has 0 saturated carbocycles. The third kappa shape index (κ3) is 5.53. The number of amidine groups is 1. The van der Waals surface area contributed by atoms with Gasteiger partial charge in [-0.3, -0.25) is 4.99 Å². The van der Waals surface area contributed by atoms with Crippen LogP contribution in [0.4, 0.5) is 0 Å². The molecule has 1 heterocycles. The van der Waals surface area contributed by atoms with Crippen molar-refractivity contribution in [2.45, 2.75) is 71.4 Å². The molecule has 3 nitrogen and oxygen atoms in total. The van der Waals surface area contributed by atoms with E-state index >= 15 is 0 Å². The van der Waals surface area contributed by atoms with Gasteiger partial charge in [-0.25, -0.2) is 0 Å². The van der Waals surface area contributed by atoms with Gasteiger partial charge in [0.15, 0.2) is 0 Å². The van der Waals surface area contributed by atoms with Gasteiger partial charge in [-0.1, -0.05) is 45.4 Å². The van der Waals surface area contributed by atoms with Crippen LogP contribution in [0.1, 0.15) is 65.2 Å². The monoisotopic (exact) mass is 240 g/mol. The van der Waals surface area contributed by atoms with Crippen LogP contribution >= 0.6 is 0 Å². The van der Waals surface area contributed by atoms with E-state index in [1.54, 1.807) is 0 Å². The number of rotatable bonds is 9. The molecule has 0 radical (unpaired) electrons. The van der Waals surface area contributed by atoms with Crippen LogP contribution in [0.15, 0.2) is 4.99 Å². The maximum absolute atomic E-state index is 9.57. The van der Waals surface area contributed by atoms with Crippen LogP contribution in [-0.2, 0) is 0 Å². The zero-order chi connectivity index (χ0) is 12.5. The average Bonchev–Trinajstić information content (AvgIpc) is 2.76. The summed E-state index contributed by atoms with van der Waals surface area (Å²) in [5.41, 5.74) is 0. The van der Waals surface area contributed by atoms with Crippen LogP contribution in [0.25, 0.3) is 0 Å². The van der Waals surface area contributed by atoms with E-state index in [-0.39, 0.29) is 6.23 Å². The fraction of sp³-hybridized carbons (Fsp3) is 0.929. The van der Waals surface area contributed by atoms with Gasteiger partial charge in [0.2, 0.25) is 0 Å². The van der Waals surface area contributed by atoms with Gasteiger partial charge in [-0.2, -0.15) is 0 Å². The molecule has 100 valence electrons. The minimum atomic E-state index is -0.374. The van der Waals surface area contributed by atoms with E-state index in [4.69, 9.17) is 0 Å². The van der Waals surface area contributed by atoms with E-state index in [0.717, 1.165) is 25.3 Å². The van der Waals surface area contributed by atoms with Crippen molar-refractivity contribution in [3.63, 3.8) is 0 Å². The summed E-state index contributed by atoms with van der Waals surface area (Å²) in [6.07, 6.45) is 9.99. The Labute approximate surface area is 106 Å². The normalized spacial score (nSPS) is 17.4. The van der Waals surface area contributed by atoms with Crippen molar-refractivity contribution in [2.75, 3.05) is 13.1 Å². The largest absolute Gasteiger partial charge is 0.374 e. The van der Waals surface area contributed by atoms with Crippen molar-refractivity contribution in [1.82, 2.24) is 4.90 Å². The summed E-state index contributed by atoms with van der Waals surface area (Å²) in [4.78, 5) is 6.49. The molecule has 3 heteroatoms. The van der Waals surface area contributed by atoms with Crippen molar-refractivity contribution < 1.29 is 5.11 Å². The molecule has 1 aliphatic heterocycles. The van der Waals surface area contributed by atoms with E-state index in [2.05, 4.69) is 11.9 Å². The number of nitrogens with zero attached hydrogens (tertiary/aromatic N) is 2. The van der Waals surface area contributed by atoms with Crippen LogP contribution in [0, 0.1) is 0 Å². The first-order chi connectivity index (χ1) is 8.25. The molecular weight excluding hydrogens is 212 g/mol. The first-order valence-corrected chi connectivity index (χ1v) is 7.23. The van der Waals surface area contributed by atoms with Crippen molar-refractivity contribution in [3.8, 4) is 0 Å². The molecule has 0 saturated heterocycles. The van der Waals surface area contributed by atoms with Gasteiger partial charge in [0.1, 0.15) is 12.1 Å². The fourth-order valence-corrected chi connectivity index (χ4v) is 2.37. The van der Waals surface area contributed by atoms with E-state index in [9.17, 15) is 5.11 Å². The Morgan fingerprint density at radius 3 is 2.47 bits per heavy atom. The molecule has 0 amide bonds. The first-order valence-electron chi connectivity index (χ1n) is 7.23. The Morgan fingerprint density at radius 2 is 1.82 bits per heavy atom. The minimum Gasteiger partial charge on any atom is -0.374 e. The fourth-order valence-electron chi connectivity index (χ4n) is 2.37. The standard InChI is InChI=1S/C14H28N2O/c1-3-4-5-6-7-8-9-10-14-15-11-12-16(14)13(2)17/h13,17H,3-12H2,1-2H3. The second-order valence-corrected chi connectivity index (χ2v) is 4.99. The zero-order valence-corrected chi connectivity index (χ0v) is 11.5. The van der Waals surface area contributed by atoms with Crippen LogP contribution in [0.2, 0.25) is 0 Å². The summed E-state index contributed by atoms with van der Waals surface area (Å²) in [6, 6.07) is 0. The topological polar surface area (TPSA) is 35.8 Å². The molecule has 17 heavy (non-hydrogen) atoms. The van der Waals surface area contributed by atoms with Crippen LogP contribution in [0.5, 0.6) is 0 Å². The third-order valence-electron chi connectivity index (χ3n) is 3.42. The Balaban J connectivity index is 2.02. The van der Waals surface area contributed by atoms with Crippen molar-refractivity contribution in [2.24, 2.45) is 4.99 Å². The molecule has 0 aliphatic carbocycles. The van der Waals surface area contributed by atoms with Crippen molar-refractivity contribution in [1.29, 1.82) is 0 Å². The molecule has 0 aromatic rings. The van der Waals surface area contributed by atoms with Gasteiger partial charge in [0.25, 0.3) is 0 Å². The predicted molar refractivity (Wildman–Crippen MR) is 73.3 cm³/mol. The molecule has 0 spiro atoms. The van der Waals surface area contributed by atoms with E-state index in [0.29, 0.717) is 0 Å². The summed E-state index contributed by atoms with van der Waals surface area (Å²) < 4.78 is 0. The molecule has 0 bridgehead atoms. The molecule has 1 rings (SSSR count). The maximum atomic E-state index is 9.57. The van der Waals surface area contributed by atoms with E-state index < -0.39 is 0 Å². The highest BCUT2D eigenvalue weighted by Crippen LogP contribution is 2.13. The van der Waals surface area contributed by atoms with Gasteiger partial charge >= 0.3 is 0 Å². The lowest BCUT2D eigenvalue weighted by atomic mass is 10.1. The van der Waals surface area contributed by atoms with Gasteiger partial charge < -0.3 is 10.0 Å². The number of hydrogen-bond donors (Lipinski definition) is 1. The van der Waals surface area contributed by atoms with Crippen molar-refractivity contribution in [3.05, 3.63) is 0 Å². The van der Waals surface area contributed by atoms with Gasteiger partial charge in [0.05, 0.1) is 6.54 Å². The molecule has 0 aromatic carbocycles. The highest BCUT2D eigenvalue weighted by molar-refractivity contribution is 5.83. The Morgan fingerprint density at radius 1 is 1.18 bits per heavy atom. The third-order valence-corrected chi connectivity index (χ3v) is 3.42. The quantitative estimate of drug-likeness (QED) is 0.628. The van der Waals surface area contributed by atoms with Gasteiger partial charge in [0, 0.05) is 13.0 Å². The molecule has 0 fully saturated rings. The SMILES string of the molecule is CCCCCCCCCC1=NCCN1C(C)O. The maximum Gasteiger partial charge on any atom is 0.125 e. The lowest BCUT2D eigenvalue weighted by Crippen LogP contribution is -2.35. The number of aliphatic hydroxyl groups excluding tert-OH is 1. The summed E-state index contributed by atoms with van der Waals surface area (Å²) in [6.45, 7) is 5.83. The molecule has 1 N–H and O–H groups in total. The first kappa shape index (κ1) is 14.5. The Bertz CT molecular complexity index is 226.